The summed E-state index contributed by atoms with van der Waals surface area (Å²) in [6.45, 7) is 2.54. The van der Waals surface area contributed by atoms with Crippen LogP contribution in [0.1, 0.15) is 52.3 Å². The Kier molecular flexibility index (Phi) is 7.37. The molecule has 3 fully saturated rings. The second-order valence-electron chi connectivity index (χ2n) is 11.6. The average Bonchev–Trinajstić information content (AvgIpc) is 3.67. The number of ether oxygens (including phenoxy) is 2. The average molecular weight is 579 g/mol. The zero-order chi connectivity index (χ0) is 28.1. The number of likely N-dealkylation sites (tertiary alicyclic amines) is 1. The molecule has 8 nitrogen and oxygen atoms in total. The Hall–Kier alpha value is -2.57. The van der Waals surface area contributed by atoms with Crippen molar-refractivity contribution in [1.29, 1.82) is 0 Å². The summed E-state index contributed by atoms with van der Waals surface area (Å²) in [6.07, 6.45) is 1.71. The summed E-state index contributed by atoms with van der Waals surface area (Å²) >= 11 is 1.28. The van der Waals surface area contributed by atoms with Crippen LogP contribution in [0.2, 0.25) is 0 Å². The van der Waals surface area contributed by atoms with Crippen molar-refractivity contribution in [1.82, 2.24) is 19.8 Å². The third-order valence-corrected chi connectivity index (χ3v) is 10.1. The smallest absolute Gasteiger partial charge is 0.379 e. The van der Waals surface area contributed by atoms with E-state index in [-0.39, 0.29) is 30.4 Å². The van der Waals surface area contributed by atoms with Crippen molar-refractivity contribution in [2.45, 2.75) is 50.9 Å². The van der Waals surface area contributed by atoms with Crippen LogP contribution >= 0.6 is 11.3 Å². The van der Waals surface area contributed by atoms with Crippen LogP contribution < -0.4 is 0 Å². The fourth-order valence-corrected chi connectivity index (χ4v) is 8.02. The minimum Gasteiger partial charge on any atom is -0.379 e. The Labute approximate surface area is 234 Å². The van der Waals surface area contributed by atoms with Crippen LogP contribution in [0.5, 0.6) is 0 Å². The zero-order valence-electron chi connectivity index (χ0n) is 22.4. The van der Waals surface area contributed by atoms with Crippen molar-refractivity contribution < 1.29 is 32.2 Å². The third kappa shape index (κ3) is 5.02. The Morgan fingerprint density at radius 3 is 2.88 bits per heavy atom. The predicted octanol–water partition coefficient (Wildman–Crippen LogP) is 4.05. The summed E-state index contributed by atoms with van der Waals surface area (Å²) < 4.78 is 51.4. The summed E-state index contributed by atoms with van der Waals surface area (Å²) in [5.74, 6) is 0.391. The molecule has 2 aromatic rings. The number of methoxy groups -OCH3 is 1. The van der Waals surface area contributed by atoms with Gasteiger partial charge in [0.2, 0.25) is 5.91 Å². The van der Waals surface area contributed by atoms with Gasteiger partial charge >= 0.3 is 6.18 Å². The first-order valence-electron chi connectivity index (χ1n) is 13.8. The Bertz CT molecular complexity index is 1260. The maximum Gasteiger partial charge on any atom is 0.417 e. The van der Waals surface area contributed by atoms with Gasteiger partial charge in [0.15, 0.2) is 5.01 Å². The van der Waals surface area contributed by atoms with Gasteiger partial charge in [-0.2, -0.15) is 13.2 Å². The fourth-order valence-electron chi connectivity index (χ4n) is 7.42. The number of carbonyl (C=O) groups is 2. The molecule has 0 N–H and O–H groups in total. The van der Waals surface area contributed by atoms with E-state index in [1.54, 1.807) is 28.5 Å². The summed E-state index contributed by atoms with van der Waals surface area (Å²) in [5.41, 5.74) is -0.524. The van der Waals surface area contributed by atoms with Crippen molar-refractivity contribution >= 4 is 23.2 Å². The van der Waals surface area contributed by atoms with E-state index in [0.717, 1.165) is 31.5 Å². The number of fused-ring (bicyclic) bond motifs is 2. The number of hydrogen-bond acceptors (Lipinski definition) is 7. The van der Waals surface area contributed by atoms with Crippen LogP contribution in [0.25, 0.3) is 0 Å². The van der Waals surface area contributed by atoms with E-state index < -0.39 is 17.2 Å². The van der Waals surface area contributed by atoms with E-state index >= 15 is 0 Å². The maximum absolute atomic E-state index is 14.4. The quantitative estimate of drug-likeness (QED) is 0.533. The second kappa shape index (κ2) is 10.7. The number of aromatic nitrogens is 2. The molecule has 2 aromatic heterocycles. The standard InChI is InChI=1S/C28H33F3N4O4S/c1-38-23-15-39-6-3-18(23)8-17-9-21-14-35(25(36)24-32-4-7-40-24)16-27(21,11-17)26(37)34-5-2-22-19(13-34)10-20(12-33-22)28(29,30)31/h4,7,10,12,17-18,21,23H,2-3,5-6,8-9,11,13-16H2,1H3/t17-,18?,21+,23?,27+/m1/s1. The highest BCUT2D eigenvalue weighted by Gasteiger charge is 2.59. The van der Waals surface area contributed by atoms with Crippen LogP contribution in [0.15, 0.2) is 23.8 Å². The number of nitrogens with zero attached hydrogens (tertiary/aromatic N) is 4. The molecular weight excluding hydrogens is 545 g/mol. The number of alkyl halides is 3. The highest BCUT2D eigenvalue weighted by molar-refractivity contribution is 7.11. The first kappa shape index (κ1) is 27.6. The van der Waals surface area contributed by atoms with Crippen LogP contribution in [0.4, 0.5) is 13.2 Å². The summed E-state index contributed by atoms with van der Waals surface area (Å²) in [7, 11) is 1.70. The molecule has 1 aliphatic carbocycles. The molecule has 3 aliphatic heterocycles. The first-order valence-corrected chi connectivity index (χ1v) is 14.7. The largest absolute Gasteiger partial charge is 0.417 e. The van der Waals surface area contributed by atoms with Gasteiger partial charge in [-0.05, 0) is 55.1 Å². The van der Waals surface area contributed by atoms with Crippen molar-refractivity contribution in [2.24, 2.45) is 23.2 Å². The highest BCUT2D eigenvalue weighted by Crippen LogP contribution is 2.55. The van der Waals surface area contributed by atoms with E-state index in [1.807, 2.05) is 0 Å². The predicted molar refractivity (Wildman–Crippen MR) is 139 cm³/mol. The number of hydrogen-bond donors (Lipinski definition) is 0. The lowest BCUT2D eigenvalue weighted by Crippen LogP contribution is -2.49. The number of halogens is 3. The lowest BCUT2D eigenvalue weighted by molar-refractivity contribution is -0.144. The fraction of sp³-hybridized carbons (Fsp3) is 0.643. The van der Waals surface area contributed by atoms with E-state index in [4.69, 9.17) is 9.47 Å². The van der Waals surface area contributed by atoms with Gasteiger partial charge in [-0.15, -0.1) is 11.3 Å². The minimum absolute atomic E-state index is 0.0178. The van der Waals surface area contributed by atoms with Crippen molar-refractivity contribution in [3.8, 4) is 0 Å². The Morgan fingerprint density at radius 2 is 2.12 bits per heavy atom. The van der Waals surface area contributed by atoms with Gasteiger partial charge < -0.3 is 19.3 Å². The molecule has 2 amide bonds. The monoisotopic (exact) mass is 578 g/mol. The molecule has 2 saturated heterocycles. The van der Waals surface area contributed by atoms with Crippen molar-refractivity contribution in [2.75, 3.05) is 40.0 Å². The molecular formula is C28H33F3N4O4S. The summed E-state index contributed by atoms with van der Waals surface area (Å²) in [4.78, 5) is 39.3. The van der Waals surface area contributed by atoms with Gasteiger partial charge in [-0.1, -0.05) is 0 Å². The number of carbonyl (C=O) groups excluding carboxylic acids is 2. The topological polar surface area (TPSA) is 84.9 Å². The molecule has 0 radical (unpaired) electrons. The van der Waals surface area contributed by atoms with Crippen LogP contribution in [-0.2, 0) is 33.4 Å². The normalized spacial score (nSPS) is 30.3. The van der Waals surface area contributed by atoms with Crippen LogP contribution in [0, 0.1) is 23.2 Å². The van der Waals surface area contributed by atoms with Gasteiger partial charge in [0.25, 0.3) is 5.91 Å². The van der Waals surface area contributed by atoms with Gasteiger partial charge in [0, 0.05) is 69.8 Å². The molecule has 0 spiro atoms. The summed E-state index contributed by atoms with van der Waals surface area (Å²) in [6, 6.07) is 1.12. The molecule has 5 heterocycles. The van der Waals surface area contributed by atoms with E-state index in [2.05, 4.69) is 9.97 Å². The molecule has 0 bridgehead atoms. The zero-order valence-corrected chi connectivity index (χ0v) is 23.2. The molecule has 6 rings (SSSR count). The lowest BCUT2D eigenvalue weighted by Gasteiger charge is -2.37. The minimum atomic E-state index is -4.50. The molecule has 216 valence electrons. The van der Waals surface area contributed by atoms with Crippen LogP contribution in [-0.4, -0.2) is 77.6 Å². The van der Waals surface area contributed by atoms with Gasteiger partial charge in [0.1, 0.15) is 0 Å². The molecule has 12 heteroatoms. The molecule has 5 atom stereocenters. The summed E-state index contributed by atoms with van der Waals surface area (Å²) in [5, 5.41) is 2.16. The molecule has 2 unspecified atom stereocenters. The van der Waals surface area contributed by atoms with E-state index in [9.17, 15) is 22.8 Å². The second-order valence-corrected chi connectivity index (χ2v) is 12.5. The maximum atomic E-state index is 14.4. The third-order valence-electron chi connectivity index (χ3n) is 9.33. The molecule has 4 aliphatic rings. The van der Waals surface area contributed by atoms with Crippen molar-refractivity contribution in [3.05, 3.63) is 45.7 Å². The SMILES string of the molecule is COC1COCCC1C[C@@H]1C[C@H]2CN(C(=O)c3nccs3)C[C@@]2(C(=O)N2CCc3ncc(C(F)(F)F)cc3C2)C1. The van der Waals surface area contributed by atoms with Crippen LogP contribution in [0.3, 0.4) is 0 Å². The van der Waals surface area contributed by atoms with Gasteiger partial charge in [-0.25, -0.2) is 4.98 Å². The first-order chi connectivity index (χ1) is 19.2. The molecule has 0 aromatic carbocycles. The van der Waals surface area contributed by atoms with Gasteiger partial charge in [-0.3, -0.25) is 14.6 Å². The van der Waals surface area contributed by atoms with E-state index in [1.165, 1.54) is 11.3 Å². The van der Waals surface area contributed by atoms with Gasteiger partial charge in [0.05, 0.1) is 23.7 Å². The number of amides is 2. The lowest BCUT2D eigenvalue weighted by atomic mass is 9.78. The Balaban J connectivity index is 1.25. The Morgan fingerprint density at radius 1 is 1.27 bits per heavy atom. The number of pyridine rings is 1. The molecule has 1 saturated carbocycles. The highest BCUT2D eigenvalue weighted by atomic mass is 32.1. The number of thiazole rings is 1. The van der Waals surface area contributed by atoms with Crippen molar-refractivity contribution in [3.63, 3.8) is 0 Å². The van der Waals surface area contributed by atoms with E-state index in [0.29, 0.717) is 73.8 Å². The number of rotatable bonds is 5. The molecule has 40 heavy (non-hydrogen) atoms.